The van der Waals surface area contributed by atoms with E-state index in [2.05, 4.69) is 13.8 Å². The third-order valence-electron chi connectivity index (χ3n) is 10.5. The molecule has 3 N–H and O–H groups in total. The Balaban J connectivity index is 1.49. The second-order valence-electron chi connectivity index (χ2n) is 12.6. The van der Waals surface area contributed by atoms with Crippen LogP contribution in [-0.4, -0.2) is 69.6 Å². The molecule has 0 aliphatic heterocycles. The van der Waals surface area contributed by atoms with Gasteiger partial charge in [0.15, 0.2) is 5.78 Å². The van der Waals surface area contributed by atoms with Gasteiger partial charge >= 0.3 is 6.09 Å². The third kappa shape index (κ3) is 3.27. The van der Waals surface area contributed by atoms with Gasteiger partial charge in [-0.2, -0.15) is 0 Å². The van der Waals surface area contributed by atoms with E-state index in [0.717, 1.165) is 32.1 Å². The summed E-state index contributed by atoms with van der Waals surface area (Å²) in [7, 11) is 1.74. The Morgan fingerprint density at radius 1 is 1.17 bits per heavy atom. The van der Waals surface area contributed by atoms with Crippen LogP contribution in [0.25, 0.3) is 0 Å². The molecule has 5 rings (SSSR count). The van der Waals surface area contributed by atoms with Gasteiger partial charge in [0.25, 0.3) is 0 Å². The maximum Gasteiger partial charge on any atom is 0.410 e. The van der Waals surface area contributed by atoms with Gasteiger partial charge in [-0.05, 0) is 60.5 Å². The summed E-state index contributed by atoms with van der Waals surface area (Å²) in [5.41, 5.74) is -2.72. The van der Waals surface area contributed by atoms with E-state index in [9.17, 15) is 24.9 Å². The van der Waals surface area contributed by atoms with Crippen molar-refractivity contribution in [3.63, 3.8) is 0 Å². The topological polar surface area (TPSA) is 107 Å². The molecule has 7 nitrogen and oxygen atoms in total. The van der Waals surface area contributed by atoms with Gasteiger partial charge in [0.2, 0.25) is 0 Å². The number of rotatable bonds is 3. The maximum absolute atomic E-state index is 14.2. The van der Waals surface area contributed by atoms with Crippen LogP contribution in [-0.2, 0) is 9.53 Å². The van der Waals surface area contributed by atoms with Gasteiger partial charge in [0.1, 0.15) is 24.4 Å². The fourth-order valence-electron chi connectivity index (χ4n) is 8.28. The SMILES string of the molecule is CC1=C[C@]23C(=O)[C@@H](C=C(COC(=O)N(C)C4CCCCC4)[C@@H](O)[C@]2(O)[C@H]1O)[C@H]1[C@@H](C[C@H]3C)C1(C)C. The Labute approximate surface area is 208 Å². The van der Waals surface area contributed by atoms with E-state index in [0.29, 0.717) is 17.1 Å². The third-order valence-corrected chi connectivity index (χ3v) is 10.5. The Morgan fingerprint density at radius 2 is 1.83 bits per heavy atom. The quantitative estimate of drug-likeness (QED) is 0.528. The smallest absolute Gasteiger partial charge is 0.410 e. The number of carbonyl (C=O) groups excluding carboxylic acids is 2. The van der Waals surface area contributed by atoms with E-state index in [4.69, 9.17) is 4.74 Å². The Hall–Kier alpha value is -1.70. The maximum atomic E-state index is 14.2. The molecule has 35 heavy (non-hydrogen) atoms. The molecule has 0 aromatic heterocycles. The molecule has 0 aromatic rings. The molecule has 5 aliphatic rings. The highest BCUT2D eigenvalue weighted by Gasteiger charge is 2.75. The zero-order chi connectivity index (χ0) is 25.5. The Morgan fingerprint density at radius 3 is 2.49 bits per heavy atom. The van der Waals surface area contributed by atoms with Crippen LogP contribution in [0.4, 0.5) is 4.79 Å². The molecule has 1 amide bonds. The summed E-state index contributed by atoms with van der Waals surface area (Å²) in [5, 5.41) is 34.8. The molecule has 194 valence electrons. The summed E-state index contributed by atoms with van der Waals surface area (Å²) in [4.78, 5) is 28.8. The van der Waals surface area contributed by atoms with Gasteiger partial charge in [-0.1, -0.05) is 52.2 Å². The summed E-state index contributed by atoms with van der Waals surface area (Å²) < 4.78 is 5.66. The summed E-state index contributed by atoms with van der Waals surface area (Å²) in [5.74, 6) is -0.500. The van der Waals surface area contributed by atoms with Crippen LogP contribution in [0.5, 0.6) is 0 Å². The van der Waals surface area contributed by atoms with Gasteiger partial charge in [-0.25, -0.2) is 4.79 Å². The van der Waals surface area contributed by atoms with Gasteiger partial charge in [0.05, 0.1) is 5.41 Å². The van der Waals surface area contributed by atoms with Crippen LogP contribution in [0, 0.1) is 34.5 Å². The Kier molecular flexibility index (Phi) is 5.82. The average Bonchev–Trinajstić information content (AvgIpc) is 3.34. The van der Waals surface area contributed by atoms with Crippen molar-refractivity contribution >= 4 is 11.9 Å². The first-order chi connectivity index (χ1) is 16.4. The number of nitrogens with zero attached hydrogens (tertiary/aromatic N) is 1. The molecule has 8 atom stereocenters. The molecular weight excluding hydrogens is 446 g/mol. The normalized spacial score (nSPS) is 44.3. The average molecular weight is 488 g/mol. The lowest BCUT2D eigenvalue weighted by Crippen LogP contribution is -2.65. The lowest BCUT2D eigenvalue weighted by Gasteiger charge is -2.48. The largest absolute Gasteiger partial charge is 0.445 e. The molecule has 1 spiro atoms. The van der Waals surface area contributed by atoms with Crippen LogP contribution in [0.3, 0.4) is 0 Å². The van der Waals surface area contributed by atoms with Crippen molar-refractivity contribution in [2.75, 3.05) is 13.7 Å². The molecule has 0 heterocycles. The monoisotopic (exact) mass is 487 g/mol. The number of hydrogen-bond acceptors (Lipinski definition) is 6. The van der Waals surface area contributed by atoms with E-state index in [1.165, 1.54) is 6.42 Å². The summed E-state index contributed by atoms with van der Waals surface area (Å²) in [6.45, 7) is 7.77. The van der Waals surface area contributed by atoms with Crippen LogP contribution >= 0.6 is 0 Å². The zero-order valence-electron chi connectivity index (χ0n) is 21.7. The molecule has 3 saturated carbocycles. The fraction of sp³-hybridized carbons (Fsp3) is 0.786. The van der Waals surface area contributed by atoms with Crippen molar-refractivity contribution in [1.29, 1.82) is 0 Å². The molecule has 0 unspecified atom stereocenters. The molecular formula is C28H41NO6. The van der Waals surface area contributed by atoms with Crippen LogP contribution in [0.15, 0.2) is 23.3 Å². The Bertz CT molecular complexity index is 980. The molecule has 5 aliphatic carbocycles. The first-order valence-electron chi connectivity index (χ1n) is 13.3. The van der Waals surface area contributed by atoms with Gasteiger partial charge < -0.3 is 25.0 Å². The van der Waals surface area contributed by atoms with E-state index in [1.807, 2.05) is 6.92 Å². The van der Waals surface area contributed by atoms with Crippen molar-refractivity contribution in [2.24, 2.45) is 34.5 Å². The molecule has 2 bridgehead atoms. The number of allylic oxidation sites excluding steroid dienone is 1. The van der Waals surface area contributed by atoms with E-state index >= 15 is 0 Å². The summed E-state index contributed by atoms with van der Waals surface area (Å²) in [6, 6.07) is 0.137. The number of fused-ring (bicyclic) bond motifs is 3. The van der Waals surface area contributed by atoms with Crippen molar-refractivity contribution in [3.05, 3.63) is 23.3 Å². The zero-order valence-corrected chi connectivity index (χ0v) is 21.7. The fourth-order valence-corrected chi connectivity index (χ4v) is 8.28. The van der Waals surface area contributed by atoms with Gasteiger partial charge in [-0.15, -0.1) is 0 Å². The number of hydrogen-bond donors (Lipinski definition) is 3. The van der Waals surface area contributed by atoms with Crippen molar-refractivity contribution in [1.82, 2.24) is 4.90 Å². The number of aliphatic hydroxyl groups excluding tert-OH is 2. The number of aliphatic hydroxyl groups is 3. The standard InChI is InChI=1S/C28H41NO6/c1-15-13-27-16(2)11-20-21(26(20,3)4)19(24(27)32)12-17(23(31)28(27,34)22(15)30)14-35-25(33)29(5)18-9-7-6-8-10-18/h12-13,16,18-23,30-31,34H,6-11,14H2,1-5H3/t16-,19+,20-,21+,22+,23-,27+,28-/m1/s1. The molecule has 3 fully saturated rings. The van der Waals surface area contributed by atoms with Crippen LogP contribution in [0.2, 0.25) is 0 Å². The van der Waals surface area contributed by atoms with Crippen LogP contribution in [0.1, 0.15) is 66.2 Å². The lowest BCUT2D eigenvalue weighted by molar-refractivity contribution is -0.190. The first-order valence-corrected chi connectivity index (χ1v) is 13.3. The van der Waals surface area contributed by atoms with Gasteiger partial charge in [0, 0.05) is 19.0 Å². The van der Waals surface area contributed by atoms with Crippen LogP contribution < -0.4 is 0 Å². The van der Waals surface area contributed by atoms with E-state index in [-0.39, 0.29) is 35.7 Å². The first kappa shape index (κ1) is 25.0. The van der Waals surface area contributed by atoms with Crippen molar-refractivity contribution in [2.45, 2.75) is 90.1 Å². The second-order valence-corrected chi connectivity index (χ2v) is 12.6. The van der Waals surface area contributed by atoms with Gasteiger partial charge in [-0.3, -0.25) is 4.79 Å². The predicted molar refractivity (Wildman–Crippen MR) is 130 cm³/mol. The number of ether oxygens (including phenoxy) is 1. The highest BCUT2D eigenvalue weighted by molar-refractivity contribution is 5.95. The summed E-state index contributed by atoms with van der Waals surface area (Å²) in [6.07, 6.45) is 6.09. The van der Waals surface area contributed by atoms with E-state index < -0.39 is 35.2 Å². The predicted octanol–water partition coefficient (Wildman–Crippen LogP) is 3.22. The number of Topliss-reactive ketones (excluding diaryl/α,β-unsaturated/α-hetero) is 1. The number of ketones is 1. The van der Waals surface area contributed by atoms with E-state index in [1.54, 1.807) is 31.0 Å². The number of amides is 1. The summed E-state index contributed by atoms with van der Waals surface area (Å²) >= 11 is 0. The minimum Gasteiger partial charge on any atom is -0.445 e. The number of carbonyl (C=O) groups is 2. The molecule has 0 saturated heterocycles. The second kappa shape index (κ2) is 8.15. The van der Waals surface area contributed by atoms with Crippen molar-refractivity contribution < 1.29 is 29.6 Å². The van der Waals surface area contributed by atoms with Crippen molar-refractivity contribution in [3.8, 4) is 0 Å². The highest BCUT2D eigenvalue weighted by atomic mass is 16.6. The minimum atomic E-state index is -2.10. The molecule has 0 aromatic carbocycles. The molecule has 0 radical (unpaired) electrons. The molecule has 7 heteroatoms. The minimum absolute atomic E-state index is 0.0287. The highest BCUT2D eigenvalue weighted by Crippen LogP contribution is 2.71. The lowest BCUT2D eigenvalue weighted by atomic mass is 9.59.